The van der Waals surface area contributed by atoms with Gasteiger partial charge in [-0.3, -0.25) is 9.59 Å². The van der Waals surface area contributed by atoms with Crippen LogP contribution in [0.2, 0.25) is 0 Å². The molecule has 3 aromatic heterocycles. The van der Waals surface area contributed by atoms with Crippen LogP contribution in [0.5, 0.6) is 5.75 Å². The van der Waals surface area contributed by atoms with Crippen molar-refractivity contribution >= 4 is 22.6 Å². The number of hydrogen-bond acceptors (Lipinski definition) is 9. The summed E-state index contributed by atoms with van der Waals surface area (Å²) in [6, 6.07) is 12.1. The van der Waals surface area contributed by atoms with E-state index in [1.165, 1.54) is 6.07 Å². The van der Waals surface area contributed by atoms with Crippen LogP contribution >= 0.6 is 0 Å². The number of hydrogen-bond donors (Lipinski definition) is 2. The van der Waals surface area contributed by atoms with Gasteiger partial charge in [-0.1, -0.05) is 6.07 Å². The molecule has 0 spiro atoms. The molecule has 5 heterocycles. The number of aromatic nitrogens is 4. The molecule has 0 saturated heterocycles. The van der Waals surface area contributed by atoms with Gasteiger partial charge in [-0.15, -0.1) is 9.78 Å². The van der Waals surface area contributed by atoms with Gasteiger partial charge in [0.05, 0.1) is 23.2 Å². The maximum atomic E-state index is 12.4. The van der Waals surface area contributed by atoms with Crippen molar-refractivity contribution in [3.05, 3.63) is 74.3 Å². The molecular formula is C24H19N7O5. The first kappa shape index (κ1) is 21.8. The third-order valence-electron chi connectivity index (χ3n) is 6.25. The van der Waals surface area contributed by atoms with Crippen LogP contribution in [-0.4, -0.2) is 38.4 Å². The van der Waals surface area contributed by atoms with Crippen LogP contribution < -0.4 is 26.7 Å². The number of nitriles is 1. The first-order valence-electron chi connectivity index (χ1n) is 11.3. The number of rotatable bonds is 6. The molecule has 2 aliphatic heterocycles. The van der Waals surface area contributed by atoms with Crippen LogP contribution in [0.4, 0.5) is 5.82 Å². The van der Waals surface area contributed by atoms with E-state index in [9.17, 15) is 19.6 Å². The Morgan fingerprint density at radius 2 is 2.03 bits per heavy atom. The molecule has 0 unspecified atom stereocenters. The third kappa shape index (κ3) is 3.62. The van der Waals surface area contributed by atoms with Crippen LogP contribution in [0, 0.1) is 11.3 Å². The number of benzene rings is 1. The minimum atomic E-state index is -0.690. The Morgan fingerprint density at radius 3 is 2.89 bits per heavy atom. The normalized spacial score (nSPS) is 15.9. The van der Waals surface area contributed by atoms with Gasteiger partial charge in [0.15, 0.2) is 24.0 Å². The third-order valence-corrected chi connectivity index (χ3v) is 6.25. The Hall–Kier alpha value is -4.76. The van der Waals surface area contributed by atoms with Gasteiger partial charge in [0.25, 0.3) is 11.5 Å². The topological polar surface area (TPSA) is 157 Å². The maximum absolute atomic E-state index is 12.4. The molecule has 1 atom stereocenters. The molecule has 12 heteroatoms. The number of fused-ring (bicyclic) bond motifs is 1. The molecule has 2 N–H and O–H groups in total. The van der Waals surface area contributed by atoms with Crippen molar-refractivity contribution in [1.82, 2.24) is 24.6 Å². The minimum Gasteiger partial charge on any atom is -0.480 e. The van der Waals surface area contributed by atoms with E-state index < -0.39 is 5.76 Å². The Kier molecular flexibility index (Phi) is 5.12. The molecule has 1 amide bonds. The first-order valence-corrected chi connectivity index (χ1v) is 11.3. The molecule has 1 aromatic carbocycles. The fraction of sp³-hybridized carbons (Fsp3) is 0.250. The Labute approximate surface area is 202 Å². The van der Waals surface area contributed by atoms with Crippen molar-refractivity contribution in [3.8, 4) is 17.6 Å². The zero-order valence-electron chi connectivity index (χ0n) is 18.9. The fourth-order valence-corrected chi connectivity index (χ4v) is 4.64. The molecule has 0 fully saturated rings. The SMILES string of the molecule is N#Cc1ccc2ccc(=O)n3c2c1[C@H](NCCCc1nn(-c2ccc4c(n2)NC(=O)CO4)c(=O)o1)C3. The lowest BCUT2D eigenvalue weighted by Gasteiger charge is -2.16. The lowest BCUT2D eigenvalue weighted by molar-refractivity contribution is -0.118. The van der Waals surface area contributed by atoms with E-state index in [-0.39, 0.29) is 41.6 Å². The molecule has 6 rings (SSSR count). The molecule has 180 valence electrons. The Morgan fingerprint density at radius 1 is 1.17 bits per heavy atom. The number of nitrogens with one attached hydrogen (secondary N) is 2. The molecule has 0 bridgehead atoms. The highest BCUT2D eigenvalue weighted by atomic mass is 16.5. The number of nitrogens with zero attached hydrogens (tertiary/aromatic N) is 5. The average molecular weight is 485 g/mol. The summed E-state index contributed by atoms with van der Waals surface area (Å²) in [6.45, 7) is 0.899. The van der Waals surface area contributed by atoms with Crippen molar-refractivity contribution in [1.29, 1.82) is 5.26 Å². The highest BCUT2D eigenvalue weighted by Gasteiger charge is 2.28. The zero-order chi connectivity index (χ0) is 24.8. The van der Waals surface area contributed by atoms with Crippen molar-refractivity contribution in [2.24, 2.45) is 0 Å². The van der Waals surface area contributed by atoms with E-state index in [4.69, 9.17) is 9.15 Å². The lowest BCUT2D eigenvalue weighted by atomic mass is 10.00. The standard InChI is InChI=1S/C24H19N7O5/c25-10-14-4-3-13-5-8-20(33)30-11-15(21(14)22(13)30)26-9-1-2-19-29-31(24(34)36-19)17-7-6-16-23(27-17)28-18(32)12-35-16/h3-8,15,26H,1-2,9,11-12H2,(H,27,28,32)/t15-/m1/s1. The summed E-state index contributed by atoms with van der Waals surface area (Å²) in [6.07, 6.45) is 0.982. The summed E-state index contributed by atoms with van der Waals surface area (Å²) < 4.78 is 13.3. The van der Waals surface area contributed by atoms with Gasteiger partial charge in [0.2, 0.25) is 5.89 Å². The van der Waals surface area contributed by atoms with E-state index in [2.05, 4.69) is 26.8 Å². The van der Waals surface area contributed by atoms with Crippen molar-refractivity contribution in [2.45, 2.75) is 25.4 Å². The molecule has 0 saturated carbocycles. The summed E-state index contributed by atoms with van der Waals surface area (Å²) in [5, 5.41) is 20.7. The van der Waals surface area contributed by atoms with Gasteiger partial charge in [0, 0.05) is 24.6 Å². The highest BCUT2D eigenvalue weighted by Crippen LogP contribution is 2.33. The number of pyridine rings is 2. The van der Waals surface area contributed by atoms with Crippen LogP contribution in [-0.2, 0) is 17.8 Å². The van der Waals surface area contributed by atoms with Crippen LogP contribution in [0.25, 0.3) is 16.7 Å². The van der Waals surface area contributed by atoms with Gasteiger partial charge < -0.3 is 24.4 Å². The van der Waals surface area contributed by atoms with Crippen LogP contribution in [0.3, 0.4) is 0 Å². The quantitative estimate of drug-likeness (QED) is 0.380. The largest absolute Gasteiger partial charge is 0.480 e. The maximum Gasteiger partial charge on any atom is 0.443 e. The zero-order valence-corrected chi connectivity index (χ0v) is 18.9. The van der Waals surface area contributed by atoms with Gasteiger partial charge in [-0.2, -0.15) is 5.26 Å². The molecule has 0 radical (unpaired) electrons. The van der Waals surface area contributed by atoms with Crippen LogP contribution in [0.15, 0.2) is 50.4 Å². The van der Waals surface area contributed by atoms with E-state index in [0.717, 1.165) is 21.1 Å². The summed E-state index contributed by atoms with van der Waals surface area (Å²) in [5.74, 6) is 0.0440. The number of anilines is 1. The van der Waals surface area contributed by atoms with Crippen molar-refractivity contribution in [3.63, 3.8) is 0 Å². The van der Waals surface area contributed by atoms with Gasteiger partial charge in [0.1, 0.15) is 0 Å². The first-order chi connectivity index (χ1) is 17.5. The average Bonchev–Trinajstić information content (AvgIpc) is 3.45. The molecule has 4 aromatic rings. The van der Waals surface area contributed by atoms with E-state index in [1.807, 2.05) is 6.07 Å². The fourth-order valence-electron chi connectivity index (χ4n) is 4.64. The second-order valence-corrected chi connectivity index (χ2v) is 8.50. The predicted octanol–water partition coefficient (Wildman–Crippen LogP) is 1.02. The van der Waals surface area contributed by atoms with Crippen LogP contribution in [0.1, 0.15) is 29.5 Å². The Balaban J connectivity index is 1.14. The van der Waals surface area contributed by atoms with E-state index in [0.29, 0.717) is 37.2 Å². The van der Waals surface area contributed by atoms with E-state index >= 15 is 0 Å². The summed E-state index contributed by atoms with van der Waals surface area (Å²) in [4.78, 5) is 40.5. The number of ether oxygens (including phenoxy) is 1. The van der Waals surface area contributed by atoms with Gasteiger partial charge in [-0.05, 0) is 42.6 Å². The van der Waals surface area contributed by atoms with Gasteiger partial charge >= 0.3 is 5.76 Å². The number of carbonyl (C=O) groups excluding carboxylic acids is 1. The summed E-state index contributed by atoms with van der Waals surface area (Å²) in [5.41, 5.74) is 2.07. The predicted molar refractivity (Wildman–Crippen MR) is 126 cm³/mol. The second-order valence-electron chi connectivity index (χ2n) is 8.50. The molecule has 0 aliphatic carbocycles. The van der Waals surface area contributed by atoms with Gasteiger partial charge in [-0.25, -0.2) is 9.78 Å². The molecule has 2 aliphatic rings. The highest BCUT2D eigenvalue weighted by molar-refractivity contribution is 5.94. The molecule has 36 heavy (non-hydrogen) atoms. The smallest absolute Gasteiger partial charge is 0.443 e. The Bertz CT molecular complexity index is 1690. The molecular weight excluding hydrogens is 466 g/mol. The monoisotopic (exact) mass is 485 g/mol. The van der Waals surface area contributed by atoms with Crippen molar-refractivity contribution in [2.75, 3.05) is 18.5 Å². The molecule has 12 nitrogen and oxygen atoms in total. The van der Waals surface area contributed by atoms with Crippen molar-refractivity contribution < 1.29 is 13.9 Å². The number of carbonyl (C=O) groups is 1. The minimum absolute atomic E-state index is 0.0905. The second kappa shape index (κ2) is 8.47. The van der Waals surface area contributed by atoms with E-state index in [1.54, 1.807) is 28.8 Å². The number of amides is 1. The summed E-state index contributed by atoms with van der Waals surface area (Å²) in [7, 11) is 0. The number of aryl methyl sites for hydroxylation is 1. The summed E-state index contributed by atoms with van der Waals surface area (Å²) >= 11 is 0. The lowest BCUT2D eigenvalue weighted by Crippen LogP contribution is -2.27.